The van der Waals surface area contributed by atoms with E-state index in [9.17, 15) is 4.79 Å². The van der Waals surface area contributed by atoms with Crippen LogP contribution in [0.5, 0.6) is 0 Å². The van der Waals surface area contributed by atoms with Crippen LogP contribution in [0.15, 0.2) is 48.8 Å². The summed E-state index contributed by atoms with van der Waals surface area (Å²) in [6.45, 7) is 1.62. The molecule has 1 amide bonds. The third kappa shape index (κ3) is 3.34. The molecule has 0 saturated carbocycles. The van der Waals surface area contributed by atoms with Crippen LogP contribution in [-0.4, -0.2) is 38.4 Å². The van der Waals surface area contributed by atoms with Crippen LogP contribution in [0.4, 0.5) is 0 Å². The maximum atomic E-state index is 12.7. The molecule has 0 spiro atoms. The number of aromatic nitrogens is 3. The zero-order chi connectivity index (χ0) is 17.9. The van der Waals surface area contributed by atoms with Crippen molar-refractivity contribution in [2.24, 2.45) is 7.05 Å². The quantitative estimate of drug-likeness (QED) is 0.727. The highest BCUT2D eigenvalue weighted by Gasteiger charge is 2.27. The number of imidazole rings is 1. The largest absolute Gasteiger partial charge is 0.342 e. The van der Waals surface area contributed by atoms with Gasteiger partial charge in [-0.05, 0) is 43.0 Å². The van der Waals surface area contributed by atoms with Crippen LogP contribution in [0.3, 0.4) is 0 Å². The smallest absolute Gasteiger partial charge is 0.222 e. The fraction of sp³-hybridized carbons (Fsp3) is 0.381. The first-order valence-electron chi connectivity index (χ1n) is 9.30. The zero-order valence-corrected chi connectivity index (χ0v) is 15.1. The Hall–Kier alpha value is -2.69. The van der Waals surface area contributed by atoms with Gasteiger partial charge in [-0.3, -0.25) is 9.78 Å². The normalized spacial score (nSPS) is 17.6. The lowest BCUT2D eigenvalue weighted by molar-refractivity contribution is -0.132. The lowest BCUT2D eigenvalue weighted by atomic mass is 9.96. The number of aryl methyl sites for hydroxylation is 2. The van der Waals surface area contributed by atoms with Crippen LogP contribution >= 0.6 is 0 Å². The molecule has 1 aliphatic rings. The van der Waals surface area contributed by atoms with Gasteiger partial charge in [-0.1, -0.05) is 18.2 Å². The molecule has 5 heteroatoms. The second-order valence-electron chi connectivity index (χ2n) is 7.06. The van der Waals surface area contributed by atoms with Crippen LogP contribution in [0.1, 0.15) is 36.6 Å². The third-order valence-corrected chi connectivity index (χ3v) is 5.31. The summed E-state index contributed by atoms with van der Waals surface area (Å²) >= 11 is 0. The lowest BCUT2D eigenvalue weighted by Gasteiger charge is -2.32. The standard InChI is InChI=1S/C21H24N4O/c1-24-19-9-3-2-8-18(19)23-21(24)17-7-5-13-25(15-17)20(26)11-10-16-6-4-12-22-14-16/h2-4,6,8-9,12,14,17H,5,7,10-11,13,15H2,1H3. The Morgan fingerprint density at radius 1 is 1.23 bits per heavy atom. The molecule has 2 aromatic heterocycles. The van der Waals surface area contributed by atoms with Crippen molar-refractivity contribution in [3.05, 3.63) is 60.2 Å². The Bertz CT molecular complexity index is 903. The van der Waals surface area contributed by atoms with Gasteiger partial charge in [0.25, 0.3) is 0 Å². The minimum absolute atomic E-state index is 0.234. The number of benzene rings is 1. The second-order valence-corrected chi connectivity index (χ2v) is 7.06. The van der Waals surface area contributed by atoms with Gasteiger partial charge in [0.15, 0.2) is 0 Å². The van der Waals surface area contributed by atoms with Crippen LogP contribution in [-0.2, 0) is 18.3 Å². The maximum Gasteiger partial charge on any atom is 0.222 e. The monoisotopic (exact) mass is 348 g/mol. The van der Waals surface area contributed by atoms with Gasteiger partial charge >= 0.3 is 0 Å². The highest BCUT2D eigenvalue weighted by molar-refractivity contribution is 5.77. The first-order valence-corrected chi connectivity index (χ1v) is 9.30. The minimum atomic E-state index is 0.234. The molecule has 1 aromatic carbocycles. The third-order valence-electron chi connectivity index (χ3n) is 5.31. The minimum Gasteiger partial charge on any atom is -0.342 e. The van der Waals surface area contributed by atoms with E-state index in [4.69, 9.17) is 4.98 Å². The summed E-state index contributed by atoms with van der Waals surface area (Å²) in [6.07, 6.45) is 7.01. The first-order chi connectivity index (χ1) is 12.7. The van der Waals surface area contributed by atoms with E-state index in [1.807, 2.05) is 35.4 Å². The molecule has 3 heterocycles. The molecule has 3 aromatic rings. The molecule has 4 rings (SSSR count). The molecule has 1 atom stereocenters. The summed E-state index contributed by atoms with van der Waals surface area (Å²) in [5.41, 5.74) is 3.30. The van der Waals surface area contributed by atoms with E-state index in [0.29, 0.717) is 12.3 Å². The van der Waals surface area contributed by atoms with Crippen molar-refractivity contribution >= 4 is 16.9 Å². The molecule has 26 heavy (non-hydrogen) atoms. The van der Waals surface area contributed by atoms with Crippen molar-refractivity contribution in [3.8, 4) is 0 Å². The molecule has 1 unspecified atom stereocenters. The van der Waals surface area contributed by atoms with Crippen molar-refractivity contribution in [3.63, 3.8) is 0 Å². The molecular weight excluding hydrogens is 324 g/mol. The van der Waals surface area contributed by atoms with Gasteiger partial charge in [-0.25, -0.2) is 4.98 Å². The van der Waals surface area contributed by atoms with Crippen molar-refractivity contribution in [2.45, 2.75) is 31.6 Å². The predicted molar refractivity (Wildman–Crippen MR) is 102 cm³/mol. The number of pyridine rings is 1. The summed E-state index contributed by atoms with van der Waals surface area (Å²) < 4.78 is 2.18. The Labute approximate surface area is 153 Å². The molecular formula is C21H24N4O. The number of carbonyl (C=O) groups excluding carboxylic acids is 1. The summed E-state index contributed by atoms with van der Waals surface area (Å²) in [6, 6.07) is 12.2. The Morgan fingerprint density at radius 2 is 2.12 bits per heavy atom. The van der Waals surface area contributed by atoms with Crippen LogP contribution < -0.4 is 0 Å². The number of piperidine rings is 1. The zero-order valence-electron chi connectivity index (χ0n) is 15.1. The number of carbonyl (C=O) groups is 1. The van der Waals surface area contributed by atoms with Gasteiger partial charge < -0.3 is 9.47 Å². The number of fused-ring (bicyclic) bond motifs is 1. The van der Waals surface area contributed by atoms with E-state index in [1.165, 1.54) is 0 Å². The van der Waals surface area contributed by atoms with Crippen molar-refractivity contribution in [1.29, 1.82) is 0 Å². The van der Waals surface area contributed by atoms with Gasteiger partial charge in [0.2, 0.25) is 5.91 Å². The first kappa shape index (κ1) is 16.8. The molecule has 134 valence electrons. The van der Waals surface area contributed by atoms with Crippen molar-refractivity contribution in [2.75, 3.05) is 13.1 Å². The van der Waals surface area contributed by atoms with Crippen LogP contribution in [0.2, 0.25) is 0 Å². The SMILES string of the molecule is Cn1c(C2CCCN(C(=O)CCc3cccnc3)C2)nc2ccccc21. The Morgan fingerprint density at radius 3 is 2.92 bits per heavy atom. The fourth-order valence-electron chi connectivity index (χ4n) is 3.90. The van der Waals surface area contributed by atoms with Crippen LogP contribution in [0, 0.1) is 0 Å². The van der Waals surface area contributed by atoms with E-state index < -0.39 is 0 Å². The number of hydrogen-bond donors (Lipinski definition) is 0. The number of rotatable bonds is 4. The number of hydrogen-bond acceptors (Lipinski definition) is 3. The van der Waals surface area contributed by atoms with E-state index in [0.717, 1.165) is 54.8 Å². The number of nitrogens with zero attached hydrogens (tertiary/aromatic N) is 4. The molecule has 1 fully saturated rings. The molecule has 0 radical (unpaired) electrons. The van der Waals surface area contributed by atoms with E-state index >= 15 is 0 Å². The average Bonchev–Trinajstić information content (AvgIpc) is 3.04. The second kappa shape index (κ2) is 7.28. The van der Waals surface area contributed by atoms with Crippen LogP contribution in [0.25, 0.3) is 11.0 Å². The average molecular weight is 348 g/mol. The van der Waals surface area contributed by atoms with Gasteiger partial charge in [0, 0.05) is 44.9 Å². The predicted octanol–water partition coefficient (Wildman–Crippen LogP) is 3.31. The van der Waals surface area contributed by atoms with Gasteiger partial charge in [0.05, 0.1) is 11.0 Å². The lowest BCUT2D eigenvalue weighted by Crippen LogP contribution is -2.39. The van der Waals surface area contributed by atoms with E-state index in [-0.39, 0.29) is 5.91 Å². The number of para-hydroxylation sites is 2. The van der Waals surface area contributed by atoms with Gasteiger partial charge in [-0.15, -0.1) is 0 Å². The number of likely N-dealkylation sites (tertiary alicyclic amines) is 1. The van der Waals surface area contributed by atoms with Gasteiger partial charge in [0.1, 0.15) is 5.82 Å². The highest BCUT2D eigenvalue weighted by Crippen LogP contribution is 2.29. The Balaban J connectivity index is 1.45. The topological polar surface area (TPSA) is 51.0 Å². The molecule has 0 N–H and O–H groups in total. The maximum absolute atomic E-state index is 12.7. The van der Waals surface area contributed by atoms with E-state index in [2.05, 4.69) is 28.7 Å². The summed E-state index contributed by atoms with van der Waals surface area (Å²) in [5.74, 6) is 1.64. The highest BCUT2D eigenvalue weighted by atomic mass is 16.2. The molecule has 0 aliphatic carbocycles. The fourth-order valence-corrected chi connectivity index (χ4v) is 3.90. The Kier molecular flexibility index (Phi) is 4.69. The van der Waals surface area contributed by atoms with Crippen molar-refractivity contribution in [1.82, 2.24) is 19.4 Å². The summed E-state index contributed by atoms with van der Waals surface area (Å²) in [4.78, 5) is 23.7. The summed E-state index contributed by atoms with van der Waals surface area (Å²) in [7, 11) is 2.08. The van der Waals surface area contributed by atoms with Gasteiger partial charge in [-0.2, -0.15) is 0 Å². The molecule has 1 aliphatic heterocycles. The molecule has 5 nitrogen and oxygen atoms in total. The number of amides is 1. The molecule has 1 saturated heterocycles. The van der Waals surface area contributed by atoms with Crippen molar-refractivity contribution < 1.29 is 4.79 Å². The molecule has 0 bridgehead atoms. The summed E-state index contributed by atoms with van der Waals surface area (Å²) in [5, 5.41) is 0. The van der Waals surface area contributed by atoms with E-state index in [1.54, 1.807) is 6.20 Å².